The van der Waals surface area contributed by atoms with Crippen molar-refractivity contribution in [3.8, 4) is 0 Å². The minimum atomic E-state index is -4.50. The summed E-state index contributed by atoms with van der Waals surface area (Å²) in [6, 6.07) is 2.23. The minimum absolute atomic E-state index is 0.0458. The van der Waals surface area contributed by atoms with Gasteiger partial charge in [-0.2, -0.15) is 18.3 Å². The van der Waals surface area contributed by atoms with Crippen molar-refractivity contribution < 1.29 is 22.5 Å². The molecular weight excluding hydrogens is 315 g/mol. The molecule has 124 valence electrons. The van der Waals surface area contributed by atoms with Crippen molar-refractivity contribution in [1.82, 2.24) is 19.8 Å². The van der Waals surface area contributed by atoms with Gasteiger partial charge in [0.15, 0.2) is 17.1 Å². The van der Waals surface area contributed by atoms with Crippen molar-refractivity contribution in [3.63, 3.8) is 0 Å². The lowest BCUT2D eigenvalue weighted by molar-refractivity contribution is -0.141. The molecule has 1 amide bonds. The Bertz CT molecular complexity index is 709. The number of carbonyl (C=O) groups excluding carboxylic acids is 1. The highest BCUT2D eigenvalue weighted by Crippen LogP contribution is 2.27. The summed E-state index contributed by atoms with van der Waals surface area (Å²) in [5.41, 5.74) is 4.87. The minimum Gasteiger partial charge on any atom is -0.359 e. The smallest absolute Gasteiger partial charge is 0.359 e. The molecule has 23 heavy (non-hydrogen) atoms. The molecule has 1 aliphatic heterocycles. The predicted molar refractivity (Wildman–Crippen MR) is 71.3 cm³/mol. The maximum absolute atomic E-state index is 12.5. The van der Waals surface area contributed by atoms with E-state index in [0.717, 1.165) is 17.2 Å². The third-order valence-corrected chi connectivity index (χ3v) is 3.54. The number of hydrogen-bond donors (Lipinski definition) is 1. The van der Waals surface area contributed by atoms with E-state index in [1.807, 2.05) is 0 Å². The van der Waals surface area contributed by atoms with E-state index in [1.165, 1.54) is 12.3 Å². The highest BCUT2D eigenvalue weighted by Gasteiger charge is 2.33. The Morgan fingerprint density at radius 1 is 1.48 bits per heavy atom. The molecule has 2 aromatic rings. The van der Waals surface area contributed by atoms with Crippen LogP contribution in [0.15, 0.2) is 22.9 Å². The SMILES string of the molecule is N[C@@H]1CCN(C(=O)c2cc(Cn3ccc(C(F)(F)F)n3)on2)C1. The van der Waals surface area contributed by atoms with Gasteiger partial charge in [-0.3, -0.25) is 9.48 Å². The van der Waals surface area contributed by atoms with Crippen molar-refractivity contribution in [3.05, 3.63) is 35.5 Å². The summed E-state index contributed by atoms with van der Waals surface area (Å²) in [5.74, 6) is -0.0573. The number of likely N-dealkylation sites (tertiary alicyclic amines) is 1. The first-order valence-electron chi connectivity index (χ1n) is 6.94. The van der Waals surface area contributed by atoms with E-state index in [4.69, 9.17) is 10.3 Å². The van der Waals surface area contributed by atoms with Crippen LogP contribution in [0.5, 0.6) is 0 Å². The standard InChI is InChI=1S/C13H14F3N5O2/c14-13(15,16)11-2-4-21(18-11)7-9-5-10(19-23-9)12(22)20-3-1-8(17)6-20/h2,4-5,8H,1,3,6-7,17H2/t8-/m1/s1. The topological polar surface area (TPSA) is 90.2 Å². The van der Waals surface area contributed by atoms with E-state index in [2.05, 4.69) is 10.3 Å². The first-order valence-corrected chi connectivity index (χ1v) is 6.94. The predicted octanol–water partition coefficient (Wildman–Crippen LogP) is 1.11. The summed E-state index contributed by atoms with van der Waals surface area (Å²) in [6.45, 7) is 0.960. The summed E-state index contributed by atoms with van der Waals surface area (Å²) < 4.78 is 43.5. The molecule has 1 saturated heterocycles. The molecule has 1 aliphatic rings. The van der Waals surface area contributed by atoms with Gasteiger partial charge in [0.05, 0.1) is 0 Å². The number of halogens is 3. The molecule has 0 aromatic carbocycles. The van der Waals surface area contributed by atoms with Crippen LogP contribution in [0, 0.1) is 0 Å². The van der Waals surface area contributed by atoms with Gasteiger partial charge >= 0.3 is 6.18 Å². The van der Waals surface area contributed by atoms with Crippen molar-refractivity contribution in [1.29, 1.82) is 0 Å². The number of hydrogen-bond acceptors (Lipinski definition) is 5. The number of aromatic nitrogens is 3. The molecule has 2 aromatic heterocycles. The first kappa shape index (κ1) is 15.5. The quantitative estimate of drug-likeness (QED) is 0.911. The van der Waals surface area contributed by atoms with Crippen LogP contribution in [0.4, 0.5) is 13.2 Å². The van der Waals surface area contributed by atoms with Crippen molar-refractivity contribution in [2.75, 3.05) is 13.1 Å². The Morgan fingerprint density at radius 3 is 2.87 bits per heavy atom. The second-order valence-corrected chi connectivity index (χ2v) is 5.37. The molecule has 10 heteroatoms. The number of nitrogens with zero attached hydrogens (tertiary/aromatic N) is 4. The third kappa shape index (κ3) is 3.36. The van der Waals surface area contributed by atoms with Crippen LogP contribution >= 0.6 is 0 Å². The normalized spacial score (nSPS) is 18.6. The van der Waals surface area contributed by atoms with Crippen LogP contribution in [0.25, 0.3) is 0 Å². The highest BCUT2D eigenvalue weighted by atomic mass is 19.4. The Balaban J connectivity index is 1.67. The molecule has 0 aliphatic carbocycles. The van der Waals surface area contributed by atoms with Gasteiger partial charge in [0.25, 0.3) is 5.91 Å². The zero-order chi connectivity index (χ0) is 16.6. The molecule has 3 rings (SSSR count). The highest BCUT2D eigenvalue weighted by molar-refractivity contribution is 5.92. The van der Waals surface area contributed by atoms with Crippen LogP contribution in [0.2, 0.25) is 0 Å². The fourth-order valence-corrected chi connectivity index (χ4v) is 2.38. The Hall–Kier alpha value is -2.36. The maximum atomic E-state index is 12.5. The van der Waals surface area contributed by atoms with Crippen molar-refractivity contribution >= 4 is 5.91 Å². The molecule has 3 heterocycles. The Morgan fingerprint density at radius 2 is 2.26 bits per heavy atom. The van der Waals surface area contributed by atoms with Crippen LogP contribution in [0.1, 0.15) is 28.4 Å². The number of alkyl halides is 3. The number of amides is 1. The first-order chi connectivity index (χ1) is 10.8. The van der Waals surface area contributed by atoms with Crippen molar-refractivity contribution in [2.24, 2.45) is 5.73 Å². The van der Waals surface area contributed by atoms with Gasteiger partial charge in [0.1, 0.15) is 6.54 Å². The summed E-state index contributed by atoms with van der Waals surface area (Å²) in [6.07, 6.45) is -2.58. The molecule has 2 N–H and O–H groups in total. The van der Waals surface area contributed by atoms with Crippen LogP contribution in [-0.2, 0) is 12.7 Å². The van der Waals surface area contributed by atoms with Crippen molar-refractivity contribution in [2.45, 2.75) is 25.2 Å². The average molecular weight is 329 g/mol. The molecular formula is C13H14F3N5O2. The second kappa shape index (κ2) is 5.69. The van der Waals surface area contributed by atoms with Gasteiger partial charge in [0.2, 0.25) is 0 Å². The van der Waals surface area contributed by atoms with Gasteiger partial charge in [-0.25, -0.2) is 0 Å². The largest absolute Gasteiger partial charge is 0.435 e. The Labute approximate surface area is 128 Å². The van der Waals surface area contributed by atoms with Gasteiger partial charge in [-0.1, -0.05) is 5.16 Å². The molecule has 0 spiro atoms. The molecule has 7 nitrogen and oxygen atoms in total. The third-order valence-electron chi connectivity index (χ3n) is 3.54. The van der Waals surface area contributed by atoms with E-state index in [1.54, 1.807) is 4.90 Å². The molecule has 0 bridgehead atoms. The fraction of sp³-hybridized carbons (Fsp3) is 0.462. The fourth-order valence-electron chi connectivity index (χ4n) is 2.38. The van der Waals surface area contributed by atoms with Crippen LogP contribution in [-0.4, -0.2) is 44.9 Å². The van der Waals surface area contributed by atoms with E-state index < -0.39 is 11.9 Å². The van der Waals surface area contributed by atoms with E-state index in [-0.39, 0.29) is 29.9 Å². The zero-order valence-electron chi connectivity index (χ0n) is 12.0. The van der Waals surface area contributed by atoms with E-state index in [9.17, 15) is 18.0 Å². The summed E-state index contributed by atoms with van der Waals surface area (Å²) in [5, 5.41) is 7.08. The molecule has 0 saturated carbocycles. The molecule has 0 radical (unpaired) electrons. The van der Waals surface area contributed by atoms with Gasteiger partial charge in [0, 0.05) is 31.4 Å². The Kier molecular flexibility index (Phi) is 3.84. The molecule has 1 atom stereocenters. The average Bonchev–Trinajstić information content (AvgIpc) is 3.18. The van der Waals surface area contributed by atoms with E-state index in [0.29, 0.717) is 13.1 Å². The van der Waals surface area contributed by atoms with E-state index >= 15 is 0 Å². The lowest BCUT2D eigenvalue weighted by atomic mass is 10.3. The summed E-state index contributed by atoms with van der Waals surface area (Å²) >= 11 is 0. The van der Waals surface area contributed by atoms with Crippen LogP contribution < -0.4 is 5.73 Å². The number of rotatable bonds is 3. The molecule has 0 unspecified atom stereocenters. The summed E-state index contributed by atoms with van der Waals surface area (Å²) in [7, 11) is 0. The lowest BCUT2D eigenvalue weighted by Crippen LogP contribution is -2.32. The van der Waals surface area contributed by atoms with Gasteiger partial charge < -0.3 is 15.2 Å². The summed E-state index contributed by atoms with van der Waals surface area (Å²) in [4.78, 5) is 13.7. The number of nitrogens with two attached hydrogens (primary N) is 1. The van der Waals surface area contributed by atoms with Gasteiger partial charge in [-0.15, -0.1) is 0 Å². The number of carbonyl (C=O) groups is 1. The molecule has 1 fully saturated rings. The second-order valence-electron chi connectivity index (χ2n) is 5.37. The van der Waals surface area contributed by atoms with Gasteiger partial charge in [-0.05, 0) is 12.5 Å². The monoisotopic (exact) mass is 329 g/mol. The maximum Gasteiger partial charge on any atom is 0.435 e. The lowest BCUT2D eigenvalue weighted by Gasteiger charge is -2.12. The zero-order valence-corrected chi connectivity index (χ0v) is 12.0. The van der Waals surface area contributed by atoms with Crippen LogP contribution in [0.3, 0.4) is 0 Å².